The van der Waals surface area contributed by atoms with Crippen LogP contribution >= 0.6 is 0 Å². The molecule has 0 unspecified atom stereocenters. The minimum atomic E-state index is -0.648. The Morgan fingerprint density at radius 1 is 1.27 bits per heavy atom. The molecule has 0 radical (unpaired) electrons. The highest BCUT2D eigenvalue weighted by molar-refractivity contribution is 5.87. The number of benzene rings is 1. The molecule has 0 aliphatic heterocycles. The molecule has 0 saturated heterocycles. The molecule has 0 atom stereocenters. The fourth-order valence-electron chi connectivity index (χ4n) is 1.08. The number of carbonyl (C=O) groups is 1. The minimum Gasteiger partial charge on any atom is -0.457 e. The summed E-state index contributed by atoms with van der Waals surface area (Å²) in [6.45, 7) is 0. The molecule has 1 heterocycles. The summed E-state index contributed by atoms with van der Waals surface area (Å²) in [5.41, 5.74) is 0. The second-order valence-corrected chi connectivity index (χ2v) is 2.82. The van der Waals surface area contributed by atoms with Crippen molar-refractivity contribution in [3.05, 3.63) is 54.2 Å². The molecule has 0 bridgehead atoms. The van der Waals surface area contributed by atoms with E-state index < -0.39 is 11.8 Å². The summed E-state index contributed by atoms with van der Waals surface area (Å²) in [5.74, 6) is -0.874. The molecule has 15 heavy (non-hydrogen) atoms. The quantitative estimate of drug-likeness (QED) is 0.560. The molecule has 4 heteroatoms. The third-order valence-electron chi connectivity index (χ3n) is 1.73. The Morgan fingerprint density at radius 3 is 2.80 bits per heavy atom. The van der Waals surface area contributed by atoms with Crippen LogP contribution in [0.4, 0.5) is 4.39 Å². The van der Waals surface area contributed by atoms with Gasteiger partial charge in [-0.2, -0.15) is 0 Å². The highest BCUT2D eigenvalue weighted by atomic mass is 19.1. The monoisotopic (exact) mass is 206 g/mol. The fourth-order valence-corrected chi connectivity index (χ4v) is 1.08. The molecule has 76 valence electrons. The van der Waals surface area contributed by atoms with Gasteiger partial charge >= 0.3 is 5.97 Å². The lowest BCUT2D eigenvalue weighted by Crippen LogP contribution is -2.07. The maximum absolute atomic E-state index is 12.7. The zero-order valence-electron chi connectivity index (χ0n) is 7.64. The van der Waals surface area contributed by atoms with E-state index in [4.69, 9.17) is 9.15 Å². The van der Waals surface area contributed by atoms with E-state index in [1.807, 2.05) is 0 Å². The summed E-state index contributed by atoms with van der Waals surface area (Å²) >= 11 is 0. The average Bonchev–Trinajstić information content (AvgIpc) is 2.70. The number of carbonyl (C=O) groups excluding carboxylic acids is 1. The number of ether oxygens (including phenoxy) is 1. The first-order valence-electron chi connectivity index (χ1n) is 4.27. The van der Waals surface area contributed by atoms with E-state index in [0.717, 1.165) is 6.07 Å². The molecule has 0 fully saturated rings. The van der Waals surface area contributed by atoms with Crippen LogP contribution in [-0.2, 0) is 0 Å². The summed E-state index contributed by atoms with van der Waals surface area (Å²) < 4.78 is 22.4. The number of esters is 1. The van der Waals surface area contributed by atoms with E-state index in [-0.39, 0.29) is 11.5 Å². The lowest BCUT2D eigenvalue weighted by Gasteiger charge is -2.01. The van der Waals surface area contributed by atoms with Gasteiger partial charge in [-0.15, -0.1) is 0 Å². The van der Waals surface area contributed by atoms with Crippen molar-refractivity contribution in [2.75, 3.05) is 0 Å². The predicted molar refractivity (Wildman–Crippen MR) is 50.1 cm³/mol. The van der Waals surface area contributed by atoms with Crippen molar-refractivity contribution in [3.63, 3.8) is 0 Å². The summed E-state index contributed by atoms with van der Waals surface area (Å²) in [6.07, 6.45) is 1.36. The van der Waals surface area contributed by atoms with Crippen LogP contribution in [-0.4, -0.2) is 5.97 Å². The van der Waals surface area contributed by atoms with E-state index in [1.165, 1.54) is 30.5 Å². The van der Waals surface area contributed by atoms with E-state index in [9.17, 15) is 9.18 Å². The number of rotatable bonds is 2. The van der Waals surface area contributed by atoms with Crippen LogP contribution in [0.2, 0.25) is 0 Å². The summed E-state index contributed by atoms with van der Waals surface area (Å²) in [6, 6.07) is 8.39. The number of halogens is 1. The molecule has 3 nitrogen and oxygen atoms in total. The van der Waals surface area contributed by atoms with Gasteiger partial charge in [0.2, 0.25) is 5.76 Å². The second-order valence-electron chi connectivity index (χ2n) is 2.82. The second kappa shape index (κ2) is 3.96. The maximum atomic E-state index is 12.7. The van der Waals surface area contributed by atoms with Crippen molar-refractivity contribution in [2.24, 2.45) is 0 Å². The molecule has 0 N–H and O–H groups in total. The highest BCUT2D eigenvalue weighted by Crippen LogP contribution is 2.14. The number of hydrogen-bond acceptors (Lipinski definition) is 3. The molecule has 0 spiro atoms. The van der Waals surface area contributed by atoms with Gasteiger partial charge in [0.15, 0.2) is 0 Å². The largest absolute Gasteiger partial charge is 0.457 e. The maximum Gasteiger partial charge on any atom is 0.379 e. The normalized spacial score (nSPS) is 9.93. The van der Waals surface area contributed by atoms with Crippen LogP contribution in [0.3, 0.4) is 0 Å². The topological polar surface area (TPSA) is 39.4 Å². The smallest absolute Gasteiger partial charge is 0.379 e. The van der Waals surface area contributed by atoms with E-state index >= 15 is 0 Å². The van der Waals surface area contributed by atoms with Gasteiger partial charge < -0.3 is 9.15 Å². The van der Waals surface area contributed by atoms with Gasteiger partial charge in [0.25, 0.3) is 0 Å². The first-order valence-corrected chi connectivity index (χ1v) is 4.27. The zero-order valence-corrected chi connectivity index (χ0v) is 7.64. The molecule has 0 aliphatic carbocycles. The van der Waals surface area contributed by atoms with Gasteiger partial charge in [0.05, 0.1) is 6.26 Å². The fraction of sp³-hybridized carbons (Fsp3) is 0. The molecule has 0 aliphatic rings. The zero-order chi connectivity index (χ0) is 10.7. The Bertz CT molecular complexity index is 462. The molecule has 0 amide bonds. The Balaban J connectivity index is 2.13. The van der Waals surface area contributed by atoms with Crippen LogP contribution < -0.4 is 4.74 Å². The van der Waals surface area contributed by atoms with Crippen LogP contribution in [0.1, 0.15) is 10.6 Å². The van der Waals surface area contributed by atoms with Gasteiger partial charge in [-0.25, -0.2) is 9.18 Å². The number of furan rings is 1. The Hall–Kier alpha value is -2.10. The molecule has 1 aromatic heterocycles. The first-order chi connectivity index (χ1) is 7.25. The lowest BCUT2D eigenvalue weighted by molar-refractivity contribution is 0.0701. The van der Waals surface area contributed by atoms with Crippen LogP contribution in [0, 0.1) is 5.82 Å². The van der Waals surface area contributed by atoms with Crippen molar-refractivity contribution in [3.8, 4) is 5.75 Å². The van der Waals surface area contributed by atoms with E-state index in [0.29, 0.717) is 0 Å². The molecule has 2 rings (SSSR count). The van der Waals surface area contributed by atoms with Crippen molar-refractivity contribution in [1.29, 1.82) is 0 Å². The highest BCUT2D eigenvalue weighted by Gasteiger charge is 2.11. The first kappa shape index (κ1) is 9.45. The Kier molecular flexibility index (Phi) is 2.49. The SMILES string of the molecule is O=C(Oc1cccc(F)c1)c1ccco1. The van der Waals surface area contributed by atoms with Gasteiger partial charge in [-0.1, -0.05) is 6.07 Å². The molecule has 1 aromatic carbocycles. The molecule has 0 saturated carbocycles. The van der Waals surface area contributed by atoms with Gasteiger partial charge in [-0.3, -0.25) is 0 Å². The third kappa shape index (κ3) is 2.22. The lowest BCUT2D eigenvalue weighted by atomic mass is 10.3. The van der Waals surface area contributed by atoms with Gasteiger partial charge in [0.1, 0.15) is 11.6 Å². The Morgan fingerprint density at radius 2 is 2.13 bits per heavy atom. The van der Waals surface area contributed by atoms with Gasteiger partial charge in [-0.05, 0) is 24.3 Å². The molecular weight excluding hydrogens is 199 g/mol. The van der Waals surface area contributed by atoms with Crippen molar-refractivity contribution >= 4 is 5.97 Å². The minimum absolute atomic E-state index is 0.0826. The van der Waals surface area contributed by atoms with Crippen molar-refractivity contribution < 1.29 is 18.3 Å². The average molecular weight is 206 g/mol. The summed E-state index contributed by atoms with van der Waals surface area (Å²) in [7, 11) is 0. The molecule has 2 aromatic rings. The Labute approximate surface area is 85.1 Å². The molecular formula is C11H7FO3. The third-order valence-corrected chi connectivity index (χ3v) is 1.73. The summed E-state index contributed by atoms with van der Waals surface area (Å²) in [4.78, 5) is 11.3. The van der Waals surface area contributed by atoms with Crippen LogP contribution in [0.15, 0.2) is 47.1 Å². The van der Waals surface area contributed by atoms with Gasteiger partial charge in [0, 0.05) is 6.07 Å². The van der Waals surface area contributed by atoms with E-state index in [2.05, 4.69) is 0 Å². The summed E-state index contributed by atoms with van der Waals surface area (Å²) in [5, 5.41) is 0. The van der Waals surface area contributed by atoms with Crippen molar-refractivity contribution in [2.45, 2.75) is 0 Å². The standard InChI is InChI=1S/C11H7FO3/c12-8-3-1-4-9(7-8)15-11(13)10-5-2-6-14-10/h1-7H. The predicted octanol–water partition coefficient (Wildman–Crippen LogP) is 2.64. The number of hydrogen-bond donors (Lipinski definition) is 0. The van der Waals surface area contributed by atoms with E-state index in [1.54, 1.807) is 6.07 Å². The van der Waals surface area contributed by atoms with Crippen molar-refractivity contribution in [1.82, 2.24) is 0 Å². The van der Waals surface area contributed by atoms with Crippen LogP contribution in [0.25, 0.3) is 0 Å². The van der Waals surface area contributed by atoms with Crippen LogP contribution in [0.5, 0.6) is 5.75 Å².